The molecular formula is C18H28N2O2. The molecule has 1 aromatic rings. The van der Waals surface area contributed by atoms with Crippen LogP contribution in [0, 0.1) is 12.8 Å². The van der Waals surface area contributed by atoms with Gasteiger partial charge in [-0.15, -0.1) is 0 Å². The van der Waals surface area contributed by atoms with Crippen molar-refractivity contribution >= 4 is 5.91 Å². The third kappa shape index (κ3) is 3.80. The van der Waals surface area contributed by atoms with Gasteiger partial charge in [-0.3, -0.25) is 4.79 Å². The van der Waals surface area contributed by atoms with Gasteiger partial charge >= 0.3 is 0 Å². The lowest BCUT2D eigenvalue weighted by molar-refractivity contribution is -0.122. The maximum Gasteiger partial charge on any atom is 0.220 e. The summed E-state index contributed by atoms with van der Waals surface area (Å²) in [5, 5.41) is 3.16. The molecule has 0 fully saturated rings. The van der Waals surface area contributed by atoms with E-state index in [-0.39, 0.29) is 18.0 Å². The number of benzene rings is 1. The molecule has 22 heavy (non-hydrogen) atoms. The van der Waals surface area contributed by atoms with Gasteiger partial charge in [0.2, 0.25) is 5.91 Å². The smallest absolute Gasteiger partial charge is 0.220 e. The van der Waals surface area contributed by atoms with Gasteiger partial charge in [0.1, 0.15) is 5.75 Å². The first-order valence-corrected chi connectivity index (χ1v) is 8.24. The Hall–Kier alpha value is -1.55. The standard InChI is InChI=1S/C18H28N2O2/c1-5-15(19)13-9-12(4)18-14(10-13)16(6-7-22-18)20-17(21)8-11(2)3/h9-11,15-16H,5-8,19H2,1-4H3,(H,20,21). The number of nitrogens with one attached hydrogen (secondary N) is 1. The highest BCUT2D eigenvalue weighted by molar-refractivity contribution is 5.76. The van der Waals surface area contributed by atoms with Crippen LogP contribution in [0.25, 0.3) is 0 Å². The molecule has 0 radical (unpaired) electrons. The zero-order valence-corrected chi connectivity index (χ0v) is 14.1. The number of carbonyl (C=O) groups is 1. The van der Waals surface area contributed by atoms with Crippen LogP contribution >= 0.6 is 0 Å². The largest absolute Gasteiger partial charge is 0.493 e. The molecular weight excluding hydrogens is 276 g/mol. The van der Waals surface area contributed by atoms with Crippen LogP contribution in [0.1, 0.15) is 68.8 Å². The Morgan fingerprint density at radius 3 is 2.82 bits per heavy atom. The van der Waals surface area contributed by atoms with E-state index in [0.29, 0.717) is 18.9 Å². The Balaban J connectivity index is 2.28. The van der Waals surface area contributed by atoms with Gasteiger partial charge in [0.25, 0.3) is 0 Å². The third-order valence-corrected chi connectivity index (χ3v) is 4.15. The Morgan fingerprint density at radius 1 is 1.45 bits per heavy atom. The molecule has 0 saturated carbocycles. The van der Waals surface area contributed by atoms with Crippen molar-refractivity contribution in [1.82, 2.24) is 5.32 Å². The van der Waals surface area contributed by atoms with E-state index in [4.69, 9.17) is 10.5 Å². The van der Waals surface area contributed by atoms with E-state index in [1.54, 1.807) is 0 Å². The molecule has 1 heterocycles. The SMILES string of the molecule is CCC(N)c1cc(C)c2c(c1)C(NC(=O)CC(C)C)CCO2. The van der Waals surface area contributed by atoms with Gasteiger partial charge in [-0.1, -0.05) is 26.8 Å². The fraction of sp³-hybridized carbons (Fsp3) is 0.611. The van der Waals surface area contributed by atoms with Crippen molar-refractivity contribution in [3.63, 3.8) is 0 Å². The summed E-state index contributed by atoms with van der Waals surface area (Å²) >= 11 is 0. The fourth-order valence-corrected chi connectivity index (χ4v) is 2.94. The minimum Gasteiger partial charge on any atom is -0.493 e. The van der Waals surface area contributed by atoms with Crippen molar-refractivity contribution in [3.05, 3.63) is 28.8 Å². The summed E-state index contributed by atoms with van der Waals surface area (Å²) in [6.45, 7) is 8.88. The van der Waals surface area contributed by atoms with Crippen LogP contribution in [0.15, 0.2) is 12.1 Å². The first-order valence-electron chi connectivity index (χ1n) is 8.24. The topological polar surface area (TPSA) is 64.3 Å². The van der Waals surface area contributed by atoms with Crippen molar-refractivity contribution in [3.8, 4) is 5.75 Å². The molecule has 1 aliphatic rings. The molecule has 1 aromatic carbocycles. The lowest BCUT2D eigenvalue weighted by Gasteiger charge is -2.29. The predicted molar refractivity (Wildman–Crippen MR) is 88.8 cm³/mol. The zero-order valence-electron chi connectivity index (χ0n) is 14.1. The van der Waals surface area contributed by atoms with Crippen LogP contribution < -0.4 is 15.8 Å². The second kappa shape index (κ2) is 7.14. The van der Waals surface area contributed by atoms with Crippen LogP contribution in [0.4, 0.5) is 0 Å². The molecule has 2 unspecified atom stereocenters. The summed E-state index contributed by atoms with van der Waals surface area (Å²) < 4.78 is 5.82. The van der Waals surface area contributed by atoms with Crippen molar-refractivity contribution in [2.75, 3.05) is 6.61 Å². The molecule has 0 bridgehead atoms. The van der Waals surface area contributed by atoms with E-state index in [1.807, 2.05) is 6.92 Å². The number of ether oxygens (including phenoxy) is 1. The number of aryl methyl sites for hydroxylation is 1. The quantitative estimate of drug-likeness (QED) is 0.876. The molecule has 0 spiro atoms. The van der Waals surface area contributed by atoms with Crippen molar-refractivity contribution in [2.24, 2.45) is 11.7 Å². The van der Waals surface area contributed by atoms with Crippen LogP contribution in [0.5, 0.6) is 5.75 Å². The number of carbonyl (C=O) groups excluding carboxylic acids is 1. The lowest BCUT2D eigenvalue weighted by Crippen LogP contribution is -2.33. The average Bonchev–Trinajstić information content (AvgIpc) is 2.46. The van der Waals surface area contributed by atoms with Crippen molar-refractivity contribution < 1.29 is 9.53 Å². The summed E-state index contributed by atoms with van der Waals surface area (Å²) in [6.07, 6.45) is 2.25. The van der Waals surface area contributed by atoms with Crippen LogP contribution in [-0.2, 0) is 4.79 Å². The Kier molecular flexibility index (Phi) is 5.46. The summed E-state index contributed by atoms with van der Waals surface area (Å²) in [7, 11) is 0. The average molecular weight is 304 g/mol. The molecule has 0 saturated heterocycles. The Labute approximate surface area is 133 Å². The van der Waals surface area contributed by atoms with E-state index in [0.717, 1.165) is 35.3 Å². The van der Waals surface area contributed by atoms with E-state index >= 15 is 0 Å². The van der Waals surface area contributed by atoms with Crippen LogP contribution in [0.2, 0.25) is 0 Å². The predicted octanol–water partition coefficient (Wildman–Crippen LogP) is 3.39. The Bertz CT molecular complexity index is 540. The highest BCUT2D eigenvalue weighted by Gasteiger charge is 2.25. The van der Waals surface area contributed by atoms with Gasteiger partial charge in [-0.2, -0.15) is 0 Å². The van der Waals surface area contributed by atoms with Crippen molar-refractivity contribution in [2.45, 2.75) is 59.0 Å². The van der Waals surface area contributed by atoms with Gasteiger partial charge in [-0.05, 0) is 36.5 Å². The van der Waals surface area contributed by atoms with Crippen LogP contribution in [0.3, 0.4) is 0 Å². The van der Waals surface area contributed by atoms with Gasteiger partial charge in [-0.25, -0.2) is 0 Å². The number of nitrogens with two attached hydrogens (primary N) is 1. The molecule has 122 valence electrons. The summed E-state index contributed by atoms with van der Waals surface area (Å²) in [5.41, 5.74) is 9.47. The zero-order chi connectivity index (χ0) is 16.3. The van der Waals surface area contributed by atoms with E-state index in [9.17, 15) is 4.79 Å². The van der Waals surface area contributed by atoms with E-state index in [1.165, 1.54) is 0 Å². The molecule has 1 amide bonds. The number of rotatable bonds is 5. The number of hydrogen-bond acceptors (Lipinski definition) is 3. The molecule has 4 nitrogen and oxygen atoms in total. The first kappa shape index (κ1) is 16.8. The van der Waals surface area contributed by atoms with E-state index in [2.05, 4.69) is 38.2 Å². The number of fused-ring (bicyclic) bond motifs is 1. The molecule has 0 aliphatic carbocycles. The summed E-state index contributed by atoms with van der Waals surface area (Å²) in [4.78, 5) is 12.1. The maximum atomic E-state index is 12.1. The third-order valence-electron chi connectivity index (χ3n) is 4.15. The van der Waals surface area contributed by atoms with Gasteiger partial charge < -0.3 is 15.8 Å². The molecule has 4 heteroatoms. The summed E-state index contributed by atoms with van der Waals surface area (Å²) in [5.74, 6) is 1.38. The van der Waals surface area contributed by atoms with Gasteiger partial charge in [0, 0.05) is 24.4 Å². The molecule has 3 N–H and O–H groups in total. The molecule has 0 aromatic heterocycles. The molecule has 2 rings (SSSR count). The number of hydrogen-bond donors (Lipinski definition) is 2. The highest BCUT2D eigenvalue weighted by atomic mass is 16.5. The Morgan fingerprint density at radius 2 is 2.18 bits per heavy atom. The monoisotopic (exact) mass is 304 g/mol. The molecule has 2 atom stereocenters. The van der Waals surface area contributed by atoms with Crippen LogP contribution in [-0.4, -0.2) is 12.5 Å². The normalized spacial score (nSPS) is 18.5. The first-order chi connectivity index (χ1) is 10.4. The highest BCUT2D eigenvalue weighted by Crippen LogP contribution is 2.37. The van der Waals surface area contributed by atoms with E-state index < -0.39 is 0 Å². The van der Waals surface area contributed by atoms with Crippen molar-refractivity contribution in [1.29, 1.82) is 0 Å². The number of amides is 1. The van der Waals surface area contributed by atoms with Gasteiger partial charge in [0.15, 0.2) is 0 Å². The minimum absolute atomic E-state index is 0.0257. The minimum atomic E-state index is 0.0257. The lowest BCUT2D eigenvalue weighted by atomic mass is 9.92. The summed E-state index contributed by atoms with van der Waals surface area (Å²) in [6, 6.07) is 4.26. The fourth-order valence-electron chi connectivity index (χ4n) is 2.94. The maximum absolute atomic E-state index is 12.1. The second-order valence-corrected chi connectivity index (χ2v) is 6.63. The van der Waals surface area contributed by atoms with Gasteiger partial charge in [0.05, 0.1) is 12.6 Å². The second-order valence-electron chi connectivity index (χ2n) is 6.63. The molecule has 1 aliphatic heterocycles.